The average Bonchev–Trinajstić information content (AvgIpc) is 3.38. The second-order valence-corrected chi connectivity index (χ2v) is 7.09. The van der Waals surface area contributed by atoms with Crippen molar-refractivity contribution < 1.29 is 28.9 Å². The number of nitrogens with zero attached hydrogens (tertiary/aromatic N) is 2. The summed E-state index contributed by atoms with van der Waals surface area (Å²) in [6.45, 7) is 0. The predicted molar refractivity (Wildman–Crippen MR) is 108 cm³/mol. The number of nitrogens with one attached hydrogen (secondary N) is 2. The van der Waals surface area contributed by atoms with Gasteiger partial charge in [-0.25, -0.2) is 9.97 Å². The first kappa shape index (κ1) is 22.4. The molecule has 5 heterocycles. The third-order valence-electron chi connectivity index (χ3n) is 4.04. The molecular formula is C20H16ClN4NaO4. The van der Waals surface area contributed by atoms with Crippen molar-refractivity contribution in [3.63, 3.8) is 0 Å². The van der Waals surface area contributed by atoms with E-state index in [1.165, 1.54) is 0 Å². The largest absolute Gasteiger partial charge is 0.183 e. The molecule has 3 aromatic heterocycles. The molecule has 0 aliphatic carbocycles. The summed E-state index contributed by atoms with van der Waals surface area (Å²) in [4.78, 5) is 16.0. The first-order valence-electron chi connectivity index (χ1n) is 8.48. The van der Waals surface area contributed by atoms with Gasteiger partial charge < -0.3 is 9.97 Å². The van der Waals surface area contributed by atoms with Gasteiger partial charge in [0.2, 0.25) is 0 Å². The molecule has 2 aliphatic rings. The minimum absolute atomic E-state index is 0. The van der Waals surface area contributed by atoms with E-state index in [4.69, 9.17) is 18.6 Å². The summed E-state index contributed by atoms with van der Waals surface area (Å²) in [6.07, 6.45) is 8.09. The van der Waals surface area contributed by atoms with Crippen molar-refractivity contribution in [2.24, 2.45) is 0 Å². The zero-order valence-corrected chi connectivity index (χ0v) is 15.6. The molecule has 0 fully saturated rings. The van der Waals surface area contributed by atoms with Crippen molar-refractivity contribution >= 4 is 75.9 Å². The van der Waals surface area contributed by atoms with Crippen LogP contribution in [0, 0.1) is 10.2 Å². The molecule has 3 aromatic rings. The molecular weight excluding hydrogens is 419 g/mol. The Hall–Kier alpha value is -2.27. The maximum Gasteiger partial charge on any atom is 0.0777 e. The van der Waals surface area contributed by atoms with Gasteiger partial charge in [-0.15, -0.1) is 0 Å². The fourth-order valence-corrected chi connectivity index (χ4v) is 2.94. The van der Waals surface area contributed by atoms with Crippen molar-refractivity contribution in [1.82, 2.24) is 19.9 Å². The molecule has 8 bridgehead atoms. The van der Waals surface area contributed by atoms with E-state index in [1.54, 1.807) is 0 Å². The first-order chi connectivity index (χ1) is 13.8. The molecule has 5 rings (SSSR count). The summed E-state index contributed by atoms with van der Waals surface area (Å²) in [7, 11) is -4.69. The summed E-state index contributed by atoms with van der Waals surface area (Å²) in [5, 5.41) is 0. The first-order valence-corrected chi connectivity index (χ1v) is 9.74. The summed E-state index contributed by atoms with van der Waals surface area (Å²) >= 11 is 0. The Morgan fingerprint density at radius 1 is 0.600 bits per heavy atom. The van der Waals surface area contributed by atoms with E-state index in [-0.39, 0.29) is 29.6 Å². The number of halogens is 1. The second-order valence-electron chi connectivity index (χ2n) is 6.30. The van der Waals surface area contributed by atoms with Crippen LogP contribution in [0.4, 0.5) is 0 Å². The molecule has 0 unspecified atom stereocenters. The third-order valence-corrected chi connectivity index (χ3v) is 4.04. The van der Waals surface area contributed by atoms with Crippen LogP contribution in [0.1, 0.15) is 22.8 Å². The van der Waals surface area contributed by atoms with Crippen LogP contribution in [0.25, 0.3) is 46.4 Å². The van der Waals surface area contributed by atoms with Crippen LogP contribution in [0.5, 0.6) is 0 Å². The van der Waals surface area contributed by atoms with Crippen molar-refractivity contribution in [2.75, 3.05) is 0 Å². The number of hydrogen-bond acceptors (Lipinski definition) is 6. The Kier molecular flexibility index (Phi) is 6.91. The van der Waals surface area contributed by atoms with Crippen LogP contribution in [0.3, 0.4) is 0 Å². The van der Waals surface area contributed by atoms with Gasteiger partial charge in [-0.3, -0.25) is 0 Å². The predicted octanol–water partition coefficient (Wildman–Crippen LogP) is -0.117. The van der Waals surface area contributed by atoms with Crippen molar-refractivity contribution in [3.05, 3.63) is 71.3 Å². The van der Waals surface area contributed by atoms with E-state index < -0.39 is 10.2 Å². The Bertz CT molecular complexity index is 1090. The fourth-order valence-electron chi connectivity index (χ4n) is 2.94. The van der Waals surface area contributed by atoms with Gasteiger partial charge in [-0.05, 0) is 72.8 Å². The summed E-state index contributed by atoms with van der Waals surface area (Å²) in [5.41, 5.74) is 7.86. The van der Waals surface area contributed by atoms with E-state index >= 15 is 0 Å². The van der Waals surface area contributed by atoms with E-state index in [0.717, 1.165) is 44.8 Å². The van der Waals surface area contributed by atoms with Gasteiger partial charge in [0.15, 0.2) is 0 Å². The number of aromatic amines is 2. The van der Waals surface area contributed by atoms with E-state index in [2.05, 4.69) is 44.2 Å². The summed E-state index contributed by atoms with van der Waals surface area (Å²) < 4.78 is 32.7. The fraction of sp³-hybridized carbons (Fsp3) is 0. The van der Waals surface area contributed by atoms with Crippen LogP contribution in [0.2, 0.25) is 0 Å². The smallest absolute Gasteiger partial charge is 0.0777 e. The Labute approximate surface area is 195 Å². The van der Waals surface area contributed by atoms with Gasteiger partial charge in [0.25, 0.3) is 0 Å². The Balaban J connectivity index is 0.000000386. The minimum Gasteiger partial charge on any atom is -0.183 e. The molecule has 0 radical (unpaired) electrons. The molecule has 0 saturated heterocycles. The van der Waals surface area contributed by atoms with E-state index in [9.17, 15) is 0 Å². The Morgan fingerprint density at radius 2 is 0.833 bits per heavy atom. The molecule has 0 saturated carbocycles. The molecule has 0 spiro atoms. The topological polar surface area (TPSA) is 147 Å². The molecule has 30 heavy (non-hydrogen) atoms. The van der Waals surface area contributed by atoms with Gasteiger partial charge in [0.1, 0.15) is 0 Å². The number of fused-ring (bicyclic) bond motifs is 8. The van der Waals surface area contributed by atoms with Crippen LogP contribution >= 0.6 is 0 Å². The van der Waals surface area contributed by atoms with Crippen molar-refractivity contribution in [3.8, 4) is 0 Å². The van der Waals surface area contributed by atoms with Crippen molar-refractivity contribution in [1.29, 1.82) is 0 Å². The van der Waals surface area contributed by atoms with Crippen LogP contribution in [-0.2, 0) is 0 Å². The SMILES string of the molecule is C1=Cc2cc3ccc(cc4nc(cc5ccc(cc1n2)[nH]5)C=C4)[nH]3.[NaH].[O-][Cl+3]([O-])([O-])O. The van der Waals surface area contributed by atoms with E-state index in [1.807, 2.05) is 48.6 Å². The molecule has 2 aliphatic heterocycles. The van der Waals surface area contributed by atoms with Gasteiger partial charge in [0, 0.05) is 22.1 Å². The molecule has 3 N–H and O–H groups in total. The minimum atomic E-state index is -4.69. The molecule has 0 aromatic carbocycles. The molecule has 148 valence electrons. The van der Waals surface area contributed by atoms with Crippen molar-refractivity contribution in [2.45, 2.75) is 0 Å². The molecule has 8 nitrogen and oxygen atoms in total. The summed E-state index contributed by atoms with van der Waals surface area (Å²) in [6, 6.07) is 16.4. The third kappa shape index (κ3) is 6.36. The summed E-state index contributed by atoms with van der Waals surface area (Å²) in [5.74, 6) is 0. The number of aromatic nitrogens is 4. The van der Waals surface area contributed by atoms with Gasteiger partial charge in [-0.2, -0.15) is 14.0 Å². The normalized spacial score (nSPS) is 12.1. The zero-order valence-electron chi connectivity index (χ0n) is 14.9. The van der Waals surface area contributed by atoms with E-state index in [0.29, 0.717) is 0 Å². The average molecular weight is 435 g/mol. The van der Waals surface area contributed by atoms with Crippen LogP contribution in [-0.4, -0.2) is 54.2 Å². The number of hydrogen-bond donors (Lipinski definition) is 3. The molecule has 10 heteroatoms. The number of rotatable bonds is 0. The van der Waals surface area contributed by atoms with Gasteiger partial charge >= 0.3 is 29.6 Å². The van der Waals surface area contributed by atoms with Gasteiger partial charge in [0.05, 0.1) is 37.7 Å². The zero-order chi connectivity index (χ0) is 20.4. The monoisotopic (exact) mass is 434 g/mol. The van der Waals surface area contributed by atoms with Crippen LogP contribution in [0.15, 0.2) is 48.5 Å². The maximum absolute atomic E-state index is 8.60. The maximum atomic E-state index is 8.60. The Morgan fingerprint density at radius 3 is 1.07 bits per heavy atom. The van der Waals surface area contributed by atoms with Gasteiger partial charge in [-0.1, -0.05) is 0 Å². The van der Waals surface area contributed by atoms with Crippen LogP contribution < -0.4 is 14.0 Å². The molecule has 0 atom stereocenters. The molecule has 0 amide bonds. The standard InChI is InChI=1S/C20H14N4.ClHO4.Na.H/c1-2-14-10-16-5-6-18(23-16)12-20-8-7-19(24-20)11-17-4-3-15(22-17)9-13(1)21-14;2-1(3,4)5;;/h1-12,21,24H;(H,2,3,4,5);;. The number of H-pyrrole nitrogens is 2. The quantitative estimate of drug-likeness (QED) is 0.290. The second kappa shape index (κ2) is 9.25.